The number of carbonyl (C=O) groups excluding carboxylic acids is 2. The van der Waals surface area contributed by atoms with E-state index in [-0.39, 0.29) is 27.7 Å². The van der Waals surface area contributed by atoms with Crippen LogP contribution in [0.5, 0.6) is 5.75 Å². The quantitative estimate of drug-likeness (QED) is 0.115. The molecule has 0 aliphatic carbocycles. The number of amides is 2. The Labute approximate surface area is 276 Å². The number of furan rings is 1. The highest BCUT2D eigenvalue weighted by Gasteiger charge is 2.38. The van der Waals surface area contributed by atoms with Crippen LogP contribution in [0.3, 0.4) is 0 Å². The zero-order valence-electron chi connectivity index (χ0n) is 24.7. The van der Waals surface area contributed by atoms with Crippen LogP contribution in [0.1, 0.15) is 26.6 Å². The smallest absolute Gasteiger partial charge is 0.433 e. The summed E-state index contributed by atoms with van der Waals surface area (Å²) in [6.45, 7) is 1.83. The number of fused-ring (bicyclic) bond motifs is 1. The number of nitrogens with one attached hydrogen (secondary N) is 2. The maximum Gasteiger partial charge on any atom is 0.433 e. The molecule has 0 spiro atoms. The highest BCUT2D eigenvalue weighted by Crippen LogP contribution is 2.36. The number of hydrogen-bond acceptors (Lipinski definition) is 16. The number of carbonyl (C=O) groups is 2. The predicted octanol–water partition coefficient (Wildman–Crippen LogP) is 3.42. The molecule has 2 amide bonds. The first-order chi connectivity index (χ1) is 23.0. The topological polar surface area (TPSA) is 304 Å². The number of aryl methyl sites for hydroxylation is 1. The zero-order valence-corrected chi connectivity index (χ0v) is 26.3. The zero-order chi connectivity index (χ0) is 36.2. The van der Waals surface area contributed by atoms with Gasteiger partial charge in [-0.25, -0.2) is 18.8 Å². The Morgan fingerprint density at radius 2 is 1.71 bits per heavy atom. The lowest BCUT2D eigenvalue weighted by atomic mass is 10.1. The van der Waals surface area contributed by atoms with Crippen molar-refractivity contribution in [2.24, 2.45) is 5.10 Å². The molecule has 254 valence electrons. The summed E-state index contributed by atoms with van der Waals surface area (Å²) in [6.07, 6.45) is 2.47. The van der Waals surface area contributed by atoms with E-state index in [1.165, 1.54) is 36.6 Å². The van der Waals surface area contributed by atoms with E-state index >= 15 is 0 Å². The van der Waals surface area contributed by atoms with Crippen LogP contribution in [0.15, 0.2) is 74.8 Å². The lowest BCUT2D eigenvalue weighted by Crippen LogP contribution is -2.37. The molecule has 49 heavy (non-hydrogen) atoms. The fourth-order valence-corrected chi connectivity index (χ4v) is 6.05. The van der Waals surface area contributed by atoms with E-state index < -0.39 is 65.2 Å². The molecule has 21 nitrogen and oxygen atoms in total. The SMILES string of the molecule is Cc1cnc(NC(=O)C2=C(O)c3ccccc3S(=O)(=O)N2C)s1.O=C(N/N=C/c1ccc([N+](=O)[O-])o1)c1cc([N+](=O)[O-])cc([N+](=O)[O-])c1O. The van der Waals surface area contributed by atoms with E-state index in [0.717, 1.165) is 21.5 Å². The van der Waals surface area contributed by atoms with Crippen molar-refractivity contribution in [2.45, 2.75) is 11.8 Å². The minimum absolute atomic E-state index is 0.0401. The molecule has 4 aromatic rings. The number of aromatic hydroxyl groups is 1. The lowest BCUT2D eigenvalue weighted by molar-refractivity contribution is -0.402. The largest absolute Gasteiger partial charge is 0.505 e. The second-order valence-corrected chi connectivity index (χ2v) is 12.6. The standard InChI is InChI=1S/C14H13N3O4S2.C12H7N5O9/c1-8-7-15-14(22-8)16-13(19)11-12(18)9-5-3-4-6-10(9)23(20,21)17(11)2;18-11-8(3-6(15(20)21)4-9(11)16(22)23)12(19)14-13-5-7-1-2-10(26-7)17(24)25/h3-7,18H,1-2H3,(H,15,16,19);1-5,18H,(H,14,19)/b;13-5+. The third kappa shape index (κ3) is 7.47. The van der Waals surface area contributed by atoms with Crippen LogP contribution in [0.2, 0.25) is 0 Å². The van der Waals surface area contributed by atoms with Crippen molar-refractivity contribution in [3.63, 3.8) is 0 Å². The van der Waals surface area contributed by atoms with E-state index in [9.17, 15) is 58.6 Å². The number of thiazole rings is 1. The molecule has 0 saturated heterocycles. The summed E-state index contributed by atoms with van der Waals surface area (Å²) >= 11 is 1.25. The van der Waals surface area contributed by atoms with Gasteiger partial charge in [-0.15, -0.1) is 11.3 Å². The molecular formula is C26H20N8O13S2. The first kappa shape index (κ1) is 35.1. The van der Waals surface area contributed by atoms with E-state index in [4.69, 9.17) is 4.42 Å². The summed E-state index contributed by atoms with van der Waals surface area (Å²) < 4.78 is 30.5. The number of phenols is 1. The van der Waals surface area contributed by atoms with Crippen LogP contribution >= 0.6 is 11.3 Å². The number of aromatic nitrogens is 1. The summed E-state index contributed by atoms with van der Waals surface area (Å²) in [5.74, 6) is -4.05. The third-order valence-corrected chi connectivity index (χ3v) is 8.90. The third-order valence-electron chi connectivity index (χ3n) is 6.25. The number of hydrogen-bond donors (Lipinski definition) is 4. The summed E-state index contributed by atoms with van der Waals surface area (Å²) in [7, 11) is -2.67. The number of benzene rings is 2. The Morgan fingerprint density at radius 3 is 2.31 bits per heavy atom. The molecule has 0 bridgehead atoms. The van der Waals surface area contributed by atoms with Gasteiger partial charge in [0, 0.05) is 29.8 Å². The average molecular weight is 717 g/mol. The molecule has 3 heterocycles. The molecule has 5 rings (SSSR count). The minimum atomic E-state index is -3.90. The van der Waals surface area contributed by atoms with E-state index in [2.05, 4.69) is 15.4 Å². The summed E-state index contributed by atoms with van der Waals surface area (Å²) in [5.41, 5.74) is -0.954. The van der Waals surface area contributed by atoms with E-state index in [0.29, 0.717) is 17.3 Å². The molecule has 1 aliphatic rings. The van der Waals surface area contributed by atoms with Crippen molar-refractivity contribution in [2.75, 3.05) is 12.4 Å². The van der Waals surface area contributed by atoms with Crippen LogP contribution in [0, 0.1) is 37.3 Å². The number of rotatable bonds is 8. The van der Waals surface area contributed by atoms with Crippen molar-refractivity contribution in [3.05, 3.63) is 113 Å². The van der Waals surface area contributed by atoms with Gasteiger partial charge in [-0.2, -0.15) is 5.10 Å². The fraction of sp³-hybridized carbons (Fsp3) is 0.0769. The Hall–Kier alpha value is -6.75. The highest BCUT2D eigenvalue weighted by molar-refractivity contribution is 7.89. The van der Waals surface area contributed by atoms with Crippen molar-refractivity contribution in [1.82, 2.24) is 14.7 Å². The van der Waals surface area contributed by atoms with Gasteiger partial charge in [-0.1, -0.05) is 12.1 Å². The average Bonchev–Trinajstić information content (AvgIpc) is 3.69. The minimum Gasteiger partial charge on any atom is -0.505 e. The van der Waals surface area contributed by atoms with Crippen LogP contribution in [0.25, 0.3) is 5.76 Å². The molecule has 0 fully saturated rings. The summed E-state index contributed by atoms with van der Waals surface area (Å²) in [4.78, 5) is 58.4. The molecule has 23 heteroatoms. The molecule has 0 atom stereocenters. The number of aliphatic hydroxyl groups excluding tert-OH is 1. The molecule has 1 aliphatic heterocycles. The van der Waals surface area contributed by atoms with Gasteiger partial charge in [0.05, 0.1) is 38.7 Å². The molecule has 0 unspecified atom stereocenters. The second-order valence-electron chi connectivity index (χ2n) is 9.40. The van der Waals surface area contributed by atoms with Gasteiger partial charge in [0.1, 0.15) is 4.92 Å². The van der Waals surface area contributed by atoms with E-state index in [1.807, 2.05) is 12.3 Å². The van der Waals surface area contributed by atoms with Crippen molar-refractivity contribution in [3.8, 4) is 5.75 Å². The molecule has 0 saturated carbocycles. The summed E-state index contributed by atoms with van der Waals surface area (Å²) in [6, 6.07) is 9.34. The number of likely N-dealkylation sites (N-methyl/N-ethyl adjacent to an activating group) is 1. The number of nitrogens with zero attached hydrogens (tertiary/aromatic N) is 6. The molecule has 0 radical (unpaired) electrons. The van der Waals surface area contributed by atoms with Crippen LogP contribution in [0.4, 0.5) is 22.4 Å². The first-order valence-electron chi connectivity index (χ1n) is 13.0. The Bertz CT molecular complexity index is 2190. The van der Waals surface area contributed by atoms with Gasteiger partial charge >= 0.3 is 11.6 Å². The second kappa shape index (κ2) is 13.9. The molecule has 4 N–H and O–H groups in total. The number of sulfonamides is 1. The number of hydrazone groups is 1. The maximum atomic E-state index is 12.5. The van der Waals surface area contributed by atoms with Gasteiger partial charge in [0.2, 0.25) is 5.75 Å². The summed E-state index contributed by atoms with van der Waals surface area (Å²) in [5, 5.41) is 58.4. The van der Waals surface area contributed by atoms with Gasteiger partial charge < -0.3 is 14.6 Å². The maximum absolute atomic E-state index is 12.5. The normalized spacial score (nSPS) is 13.2. The highest BCUT2D eigenvalue weighted by atomic mass is 32.2. The number of nitro groups is 3. The predicted molar refractivity (Wildman–Crippen MR) is 168 cm³/mol. The van der Waals surface area contributed by atoms with Crippen LogP contribution < -0.4 is 10.7 Å². The van der Waals surface area contributed by atoms with E-state index in [1.54, 1.807) is 18.3 Å². The van der Waals surface area contributed by atoms with Crippen molar-refractivity contribution in [1.29, 1.82) is 0 Å². The number of phenolic OH excluding ortho intramolecular Hbond substituents is 1. The van der Waals surface area contributed by atoms with Crippen LogP contribution in [-0.2, 0) is 14.8 Å². The number of nitro benzene ring substituents is 2. The first-order valence-corrected chi connectivity index (χ1v) is 15.3. The number of non-ortho nitro benzene ring substituents is 1. The van der Waals surface area contributed by atoms with Crippen LogP contribution in [-0.4, -0.2) is 67.8 Å². The fourth-order valence-electron chi connectivity index (χ4n) is 4.00. The van der Waals surface area contributed by atoms with Gasteiger partial charge in [-0.05, 0) is 25.1 Å². The van der Waals surface area contributed by atoms with Crippen molar-refractivity contribution < 1.29 is 47.4 Å². The number of aliphatic hydroxyl groups is 1. The Kier molecular flexibility index (Phi) is 9.99. The molecule has 2 aromatic heterocycles. The molecule has 2 aromatic carbocycles. The Morgan fingerprint density at radius 1 is 1.02 bits per heavy atom. The Balaban J connectivity index is 0.000000222. The molecular weight excluding hydrogens is 696 g/mol. The van der Waals surface area contributed by atoms with Gasteiger partial charge in [0.15, 0.2) is 22.3 Å². The van der Waals surface area contributed by atoms with Gasteiger partial charge in [0.25, 0.3) is 27.5 Å². The van der Waals surface area contributed by atoms with Gasteiger partial charge in [-0.3, -0.25) is 49.6 Å². The lowest BCUT2D eigenvalue weighted by Gasteiger charge is -2.28. The number of anilines is 1. The monoisotopic (exact) mass is 716 g/mol. The van der Waals surface area contributed by atoms with Crippen molar-refractivity contribution >= 4 is 67.5 Å².